The fraction of sp³-hybridized carbons (Fsp3) is 0.267. The second-order valence-corrected chi connectivity index (χ2v) is 6.05. The largest absolute Gasteiger partial charge is 0.329 e. The summed E-state index contributed by atoms with van der Waals surface area (Å²) in [5, 5.41) is 4.85. The van der Waals surface area contributed by atoms with Gasteiger partial charge in [-0.25, -0.2) is 4.98 Å². The zero-order valence-electron chi connectivity index (χ0n) is 12.2. The van der Waals surface area contributed by atoms with E-state index in [1.807, 2.05) is 29.9 Å². The fourth-order valence-corrected chi connectivity index (χ4v) is 3.00. The first-order valence-corrected chi connectivity index (χ1v) is 8.00. The standard InChI is InChI=1S/C15H17N5OS/c1-10-3-2-4-12-14(10)18-13(19-15(12)21)9-22-11-7-17-20(8-11)6-5-16/h2-4,7-8H,5-6,9,16H2,1H3,(H,18,19,21). The van der Waals surface area contributed by atoms with Crippen molar-refractivity contribution in [2.75, 3.05) is 6.54 Å². The van der Waals surface area contributed by atoms with Crippen LogP contribution in [0.3, 0.4) is 0 Å². The van der Waals surface area contributed by atoms with E-state index in [9.17, 15) is 4.79 Å². The van der Waals surface area contributed by atoms with Gasteiger partial charge in [0.2, 0.25) is 0 Å². The Morgan fingerprint density at radius 1 is 1.41 bits per heavy atom. The Hall–Kier alpha value is -2.12. The van der Waals surface area contributed by atoms with E-state index in [0.29, 0.717) is 30.1 Å². The smallest absolute Gasteiger partial charge is 0.258 e. The minimum Gasteiger partial charge on any atom is -0.329 e. The van der Waals surface area contributed by atoms with E-state index in [-0.39, 0.29) is 5.56 Å². The van der Waals surface area contributed by atoms with E-state index in [0.717, 1.165) is 16.0 Å². The molecule has 0 saturated carbocycles. The van der Waals surface area contributed by atoms with Gasteiger partial charge < -0.3 is 10.7 Å². The van der Waals surface area contributed by atoms with Gasteiger partial charge in [-0.1, -0.05) is 12.1 Å². The molecule has 0 spiro atoms. The molecule has 0 aliphatic carbocycles. The van der Waals surface area contributed by atoms with E-state index in [4.69, 9.17) is 5.73 Å². The topological polar surface area (TPSA) is 89.6 Å². The minimum absolute atomic E-state index is 0.0943. The van der Waals surface area contributed by atoms with Gasteiger partial charge in [-0.05, 0) is 18.6 Å². The number of nitrogens with zero attached hydrogens (tertiary/aromatic N) is 3. The molecule has 3 aromatic rings. The Balaban J connectivity index is 1.81. The molecule has 3 rings (SSSR count). The molecule has 0 fully saturated rings. The first kappa shape index (κ1) is 14.8. The van der Waals surface area contributed by atoms with E-state index in [1.165, 1.54) is 0 Å². The van der Waals surface area contributed by atoms with Crippen LogP contribution in [-0.4, -0.2) is 26.3 Å². The van der Waals surface area contributed by atoms with Gasteiger partial charge in [0, 0.05) is 17.6 Å². The van der Waals surface area contributed by atoms with Crippen molar-refractivity contribution in [2.45, 2.75) is 24.1 Å². The summed E-state index contributed by atoms with van der Waals surface area (Å²) >= 11 is 1.59. The quantitative estimate of drug-likeness (QED) is 0.699. The molecule has 0 unspecified atom stereocenters. The Morgan fingerprint density at radius 3 is 3.09 bits per heavy atom. The molecule has 7 heteroatoms. The van der Waals surface area contributed by atoms with Crippen molar-refractivity contribution in [1.82, 2.24) is 19.7 Å². The highest BCUT2D eigenvalue weighted by molar-refractivity contribution is 7.98. The number of hydrogen-bond acceptors (Lipinski definition) is 5. The first-order chi connectivity index (χ1) is 10.7. The van der Waals surface area contributed by atoms with E-state index in [2.05, 4.69) is 15.1 Å². The Morgan fingerprint density at radius 2 is 2.27 bits per heavy atom. The van der Waals surface area contributed by atoms with Gasteiger partial charge in [0.15, 0.2) is 0 Å². The number of thioether (sulfide) groups is 1. The molecule has 0 bridgehead atoms. The van der Waals surface area contributed by atoms with Crippen molar-refractivity contribution >= 4 is 22.7 Å². The number of hydrogen-bond donors (Lipinski definition) is 2. The van der Waals surface area contributed by atoms with E-state index < -0.39 is 0 Å². The van der Waals surface area contributed by atoms with Crippen molar-refractivity contribution < 1.29 is 0 Å². The Labute approximate surface area is 131 Å². The number of fused-ring (bicyclic) bond motifs is 1. The lowest BCUT2D eigenvalue weighted by Crippen LogP contribution is -2.11. The van der Waals surface area contributed by atoms with Crippen LogP contribution in [0, 0.1) is 6.92 Å². The lowest BCUT2D eigenvalue weighted by atomic mass is 10.1. The lowest BCUT2D eigenvalue weighted by molar-refractivity contribution is 0.624. The average molecular weight is 315 g/mol. The van der Waals surface area contributed by atoms with Gasteiger partial charge >= 0.3 is 0 Å². The summed E-state index contributed by atoms with van der Waals surface area (Å²) in [5.74, 6) is 1.26. The van der Waals surface area contributed by atoms with E-state index >= 15 is 0 Å². The molecule has 2 heterocycles. The summed E-state index contributed by atoms with van der Waals surface area (Å²) in [7, 11) is 0. The number of aryl methyl sites for hydroxylation is 1. The minimum atomic E-state index is -0.0943. The third kappa shape index (κ3) is 3.05. The van der Waals surface area contributed by atoms with Gasteiger partial charge in [0.1, 0.15) is 5.82 Å². The third-order valence-electron chi connectivity index (χ3n) is 3.33. The van der Waals surface area contributed by atoms with E-state index in [1.54, 1.807) is 24.0 Å². The van der Waals surface area contributed by atoms with Crippen molar-refractivity contribution in [1.29, 1.82) is 0 Å². The molecule has 0 aliphatic rings. The summed E-state index contributed by atoms with van der Waals surface area (Å²) in [6.45, 7) is 3.22. The second-order valence-electron chi connectivity index (χ2n) is 5.00. The average Bonchev–Trinajstić information content (AvgIpc) is 2.94. The van der Waals surface area contributed by atoms with Crippen LogP contribution in [-0.2, 0) is 12.3 Å². The number of nitrogens with one attached hydrogen (secondary N) is 1. The molecule has 0 radical (unpaired) electrons. The molecule has 3 N–H and O–H groups in total. The molecule has 0 saturated heterocycles. The van der Waals surface area contributed by atoms with Gasteiger partial charge in [0.25, 0.3) is 5.56 Å². The van der Waals surface area contributed by atoms with Crippen LogP contribution in [0.1, 0.15) is 11.4 Å². The number of para-hydroxylation sites is 1. The molecule has 22 heavy (non-hydrogen) atoms. The summed E-state index contributed by atoms with van der Waals surface area (Å²) in [4.78, 5) is 20.6. The van der Waals surface area contributed by atoms with Crippen LogP contribution >= 0.6 is 11.8 Å². The van der Waals surface area contributed by atoms with Crippen molar-refractivity contribution in [3.05, 3.63) is 52.3 Å². The number of benzene rings is 1. The molecular weight excluding hydrogens is 298 g/mol. The highest BCUT2D eigenvalue weighted by Gasteiger charge is 2.07. The van der Waals surface area contributed by atoms with Gasteiger partial charge in [-0.2, -0.15) is 5.10 Å². The maximum absolute atomic E-state index is 12.1. The maximum atomic E-state index is 12.1. The second kappa shape index (κ2) is 6.33. The SMILES string of the molecule is Cc1cccc2c(=O)[nH]c(CSc3cnn(CCN)c3)nc12. The van der Waals surface area contributed by atoms with Crippen molar-refractivity contribution in [3.8, 4) is 0 Å². The highest BCUT2D eigenvalue weighted by Crippen LogP contribution is 2.21. The fourth-order valence-electron chi connectivity index (χ4n) is 2.25. The normalized spacial score (nSPS) is 11.2. The van der Waals surface area contributed by atoms with Crippen LogP contribution in [0.4, 0.5) is 0 Å². The predicted octanol–water partition coefficient (Wildman–Crippen LogP) is 1.68. The van der Waals surface area contributed by atoms with Crippen molar-refractivity contribution in [3.63, 3.8) is 0 Å². The monoisotopic (exact) mass is 315 g/mol. The molecule has 0 amide bonds. The van der Waals surface area contributed by atoms with Crippen LogP contribution in [0.15, 0.2) is 40.3 Å². The molecule has 0 atom stereocenters. The van der Waals surface area contributed by atoms with Crippen LogP contribution in [0.25, 0.3) is 10.9 Å². The molecule has 114 valence electrons. The van der Waals surface area contributed by atoms with Crippen LogP contribution in [0.2, 0.25) is 0 Å². The first-order valence-electron chi connectivity index (χ1n) is 7.01. The summed E-state index contributed by atoms with van der Waals surface area (Å²) in [6.07, 6.45) is 3.74. The number of H-pyrrole nitrogens is 1. The molecule has 6 nitrogen and oxygen atoms in total. The van der Waals surface area contributed by atoms with Crippen molar-refractivity contribution in [2.24, 2.45) is 5.73 Å². The van der Waals surface area contributed by atoms with Gasteiger partial charge in [0.05, 0.1) is 29.4 Å². The van der Waals surface area contributed by atoms with Gasteiger partial charge in [-0.3, -0.25) is 9.48 Å². The number of nitrogens with two attached hydrogens (primary N) is 1. The number of rotatable bonds is 5. The highest BCUT2D eigenvalue weighted by atomic mass is 32.2. The van der Waals surface area contributed by atoms with Crippen LogP contribution < -0.4 is 11.3 Å². The summed E-state index contributed by atoms with van der Waals surface area (Å²) in [6, 6.07) is 5.62. The molecule has 2 aromatic heterocycles. The number of aromatic nitrogens is 4. The predicted molar refractivity (Wildman–Crippen MR) is 87.9 cm³/mol. The Kier molecular flexibility index (Phi) is 4.26. The maximum Gasteiger partial charge on any atom is 0.258 e. The summed E-state index contributed by atoms with van der Waals surface area (Å²) in [5.41, 5.74) is 7.18. The van der Waals surface area contributed by atoms with Crippen LogP contribution in [0.5, 0.6) is 0 Å². The summed E-state index contributed by atoms with van der Waals surface area (Å²) < 4.78 is 1.81. The molecule has 1 aromatic carbocycles. The zero-order chi connectivity index (χ0) is 15.5. The lowest BCUT2D eigenvalue weighted by Gasteiger charge is -2.04. The molecule has 0 aliphatic heterocycles. The molecular formula is C15H17N5OS. The number of aromatic amines is 1. The zero-order valence-corrected chi connectivity index (χ0v) is 13.1. The van der Waals surface area contributed by atoms with Gasteiger partial charge in [-0.15, -0.1) is 11.8 Å². The third-order valence-corrected chi connectivity index (χ3v) is 4.29. The Bertz CT molecular complexity index is 855.